The number of nitriles is 2. The third kappa shape index (κ3) is 4.31. The molecule has 1 aliphatic heterocycles. The summed E-state index contributed by atoms with van der Waals surface area (Å²) in [4.78, 5) is 4.73. The highest BCUT2D eigenvalue weighted by molar-refractivity contribution is 6.33. The van der Waals surface area contributed by atoms with Gasteiger partial charge in [-0.05, 0) is 42.3 Å². The van der Waals surface area contributed by atoms with Gasteiger partial charge in [-0.1, -0.05) is 23.7 Å². The molecule has 0 unspecified atom stereocenters. The summed E-state index contributed by atoms with van der Waals surface area (Å²) in [6, 6.07) is 17.6. The van der Waals surface area contributed by atoms with Crippen LogP contribution in [0.3, 0.4) is 0 Å². The van der Waals surface area contributed by atoms with Gasteiger partial charge < -0.3 is 4.90 Å². The second-order valence-corrected chi connectivity index (χ2v) is 6.57. The van der Waals surface area contributed by atoms with Crippen molar-refractivity contribution >= 4 is 17.3 Å². The van der Waals surface area contributed by atoms with Crippen molar-refractivity contribution < 1.29 is 0 Å². The first-order chi connectivity index (χ1) is 12.2. The molecule has 1 saturated heterocycles. The molecule has 5 heteroatoms. The Morgan fingerprint density at radius 3 is 2.12 bits per heavy atom. The van der Waals surface area contributed by atoms with Crippen LogP contribution < -0.4 is 4.90 Å². The zero-order chi connectivity index (χ0) is 17.6. The minimum absolute atomic E-state index is 0.592. The average Bonchev–Trinajstić information content (AvgIpc) is 2.67. The Morgan fingerprint density at radius 2 is 1.52 bits per heavy atom. The third-order valence-electron chi connectivity index (χ3n) is 4.59. The van der Waals surface area contributed by atoms with Gasteiger partial charge >= 0.3 is 0 Å². The van der Waals surface area contributed by atoms with Gasteiger partial charge in [-0.15, -0.1) is 0 Å². The lowest BCUT2D eigenvalue weighted by Gasteiger charge is -2.36. The highest BCUT2D eigenvalue weighted by Crippen LogP contribution is 2.27. The van der Waals surface area contributed by atoms with Crippen LogP contribution >= 0.6 is 11.6 Å². The molecule has 4 nitrogen and oxygen atoms in total. The highest BCUT2D eigenvalue weighted by Gasteiger charge is 2.18. The van der Waals surface area contributed by atoms with Gasteiger partial charge in [0.25, 0.3) is 0 Å². The van der Waals surface area contributed by atoms with Crippen LogP contribution in [0.15, 0.2) is 42.5 Å². The molecular weight excluding hydrogens is 332 g/mol. The van der Waals surface area contributed by atoms with Gasteiger partial charge in [0, 0.05) is 32.7 Å². The fourth-order valence-corrected chi connectivity index (χ4v) is 3.38. The summed E-state index contributed by atoms with van der Waals surface area (Å²) in [6.45, 7) is 4.86. The Kier molecular flexibility index (Phi) is 5.56. The van der Waals surface area contributed by atoms with E-state index in [1.807, 2.05) is 36.4 Å². The number of rotatable bonds is 4. The predicted octanol–water partition coefficient (Wildman–Crippen LogP) is 3.45. The Hall–Kier alpha value is -2.53. The molecule has 2 aromatic rings. The number of anilines is 1. The summed E-state index contributed by atoms with van der Waals surface area (Å²) < 4.78 is 0. The Bertz CT molecular complexity index is 809. The maximum atomic E-state index is 8.94. The molecule has 0 aromatic heterocycles. The molecule has 1 aliphatic rings. The van der Waals surface area contributed by atoms with E-state index in [2.05, 4.69) is 21.9 Å². The van der Waals surface area contributed by atoms with Crippen molar-refractivity contribution in [2.75, 3.05) is 37.6 Å². The molecule has 0 amide bonds. The minimum atomic E-state index is 0.592. The number of hydrogen-bond acceptors (Lipinski definition) is 4. The van der Waals surface area contributed by atoms with Crippen molar-refractivity contribution in [3.63, 3.8) is 0 Å². The Morgan fingerprint density at radius 1 is 0.880 bits per heavy atom. The monoisotopic (exact) mass is 350 g/mol. The molecule has 0 atom stereocenters. The zero-order valence-electron chi connectivity index (χ0n) is 14.0. The van der Waals surface area contributed by atoms with E-state index in [4.69, 9.17) is 22.1 Å². The van der Waals surface area contributed by atoms with Crippen molar-refractivity contribution in [2.24, 2.45) is 0 Å². The van der Waals surface area contributed by atoms with Crippen LogP contribution in [0, 0.1) is 22.7 Å². The summed E-state index contributed by atoms with van der Waals surface area (Å²) in [6.07, 6.45) is 0.989. The number of nitrogens with zero attached hydrogens (tertiary/aromatic N) is 4. The lowest BCUT2D eigenvalue weighted by Crippen LogP contribution is -2.47. The van der Waals surface area contributed by atoms with Crippen LogP contribution in [0.4, 0.5) is 5.69 Å². The first-order valence-corrected chi connectivity index (χ1v) is 8.73. The number of piperazine rings is 1. The van der Waals surface area contributed by atoms with E-state index in [1.54, 1.807) is 6.07 Å². The fourth-order valence-electron chi connectivity index (χ4n) is 3.08. The van der Waals surface area contributed by atoms with Crippen molar-refractivity contribution in [1.82, 2.24) is 4.90 Å². The molecule has 0 N–H and O–H groups in total. The number of halogens is 1. The first-order valence-electron chi connectivity index (χ1n) is 8.35. The van der Waals surface area contributed by atoms with Crippen molar-refractivity contribution in [1.29, 1.82) is 10.5 Å². The fraction of sp³-hybridized carbons (Fsp3) is 0.300. The van der Waals surface area contributed by atoms with Gasteiger partial charge in [-0.3, -0.25) is 4.90 Å². The quantitative estimate of drug-likeness (QED) is 0.847. The van der Waals surface area contributed by atoms with Gasteiger partial charge in [0.2, 0.25) is 0 Å². The highest BCUT2D eigenvalue weighted by atomic mass is 35.5. The molecular formula is C20H19ClN4. The zero-order valence-corrected chi connectivity index (χ0v) is 14.7. The molecule has 0 spiro atoms. The van der Waals surface area contributed by atoms with Crippen molar-refractivity contribution in [2.45, 2.75) is 6.42 Å². The molecule has 1 fully saturated rings. The van der Waals surface area contributed by atoms with Gasteiger partial charge in [-0.2, -0.15) is 10.5 Å². The van der Waals surface area contributed by atoms with Crippen LogP contribution in [-0.4, -0.2) is 37.6 Å². The van der Waals surface area contributed by atoms with E-state index >= 15 is 0 Å². The molecule has 2 aromatic carbocycles. The van der Waals surface area contributed by atoms with Crippen LogP contribution in [0.1, 0.15) is 16.7 Å². The molecule has 25 heavy (non-hydrogen) atoms. The molecule has 126 valence electrons. The summed E-state index contributed by atoms with van der Waals surface area (Å²) in [7, 11) is 0. The second-order valence-electron chi connectivity index (χ2n) is 6.17. The Balaban J connectivity index is 1.52. The molecule has 0 bridgehead atoms. The molecule has 0 radical (unpaired) electrons. The van der Waals surface area contributed by atoms with Crippen LogP contribution in [0.25, 0.3) is 0 Å². The third-order valence-corrected chi connectivity index (χ3v) is 4.89. The largest absolute Gasteiger partial charge is 0.368 e. The molecule has 3 rings (SSSR count). The SMILES string of the molecule is N#Cc1ccc(CCN2CCN(c3ccc(C#N)cc3Cl)CC2)cc1. The first kappa shape index (κ1) is 17.3. The van der Waals surface area contributed by atoms with Gasteiger partial charge in [0.15, 0.2) is 0 Å². The van der Waals surface area contributed by atoms with E-state index in [0.29, 0.717) is 16.1 Å². The summed E-state index contributed by atoms with van der Waals surface area (Å²) >= 11 is 6.31. The topological polar surface area (TPSA) is 54.1 Å². The van der Waals surface area contributed by atoms with E-state index < -0.39 is 0 Å². The van der Waals surface area contributed by atoms with Crippen molar-refractivity contribution in [3.05, 3.63) is 64.2 Å². The minimum Gasteiger partial charge on any atom is -0.368 e. The number of hydrogen-bond donors (Lipinski definition) is 0. The summed E-state index contributed by atoms with van der Waals surface area (Å²) in [5.41, 5.74) is 3.57. The van der Waals surface area contributed by atoms with Crippen LogP contribution in [0.2, 0.25) is 5.02 Å². The van der Waals surface area contributed by atoms with Gasteiger partial charge in [0.05, 0.1) is 34.0 Å². The maximum Gasteiger partial charge on any atom is 0.0992 e. The number of benzene rings is 2. The van der Waals surface area contributed by atoms with E-state index in [1.165, 1.54) is 5.56 Å². The van der Waals surface area contributed by atoms with E-state index in [0.717, 1.165) is 44.8 Å². The molecule has 0 aliphatic carbocycles. The lowest BCUT2D eigenvalue weighted by molar-refractivity contribution is 0.261. The van der Waals surface area contributed by atoms with Gasteiger partial charge in [-0.25, -0.2) is 0 Å². The normalized spacial score (nSPS) is 14.8. The average molecular weight is 351 g/mol. The smallest absolute Gasteiger partial charge is 0.0992 e. The van der Waals surface area contributed by atoms with Gasteiger partial charge in [0.1, 0.15) is 0 Å². The van der Waals surface area contributed by atoms with E-state index in [-0.39, 0.29) is 0 Å². The predicted molar refractivity (Wildman–Crippen MR) is 99.7 cm³/mol. The Labute approximate surface area is 153 Å². The summed E-state index contributed by atoms with van der Waals surface area (Å²) in [5.74, 6) is 0. The second kappa shape index (κ2) is 8.03. The van der Waals surface area contributed by atoms with Crippen molar-refractivity contribution in [3.8, 4) is 12.1 Å². The van der Waals surface area contributed by atoms with Crippen LogP contribution in [-0.2, 0) is 6.42 Å². The summed E-state index contributed by atoms with van der Waals surface area (Å²) in [5, 5.41) is 18.4. The lowest BCUT2D eigenvalue weighted by atomic mass is 10.1. The molecule has 0 saturated carbocycles. The maximum absolute atomic E-state index is 8.94. The van der Waals surface area contributed by atoms with E-state index in [9.17, 15) is 0 Å². The standard InChI is InChI=1S/C20H19ClN4/c21-19-13-18(15-23)5-6-20(19)25-11-9-24(10-12-25)8-7-16-1-3-17(14-22)4-2-16/h1-6,13H,7-12H2. The molecule has 1 heterocycles. The van der Waals surface area contributed by atoms with Crippen LogP contribution in [0.5, 0.6) is 0 Å².